The lowest BCUT2D eigenvalue weighted by Gasteiger charge is -2.11. The van der Waals surface area contributed by atoms with Gasteiger partial charge < -0.3 is 19.5 Å². The molecule has 1 saturated heterocycles. The van der Waals surface area contributed by atoms with Gasteiger partial charge in [-0.1, -0.05) is 12.1 Å². The maximum atomic E-state index is 12.3. The van der Waals surface area contributed by atoms with Gasteiger partial charge in [0.25, 0.3) is 5.91 Å². The maximum Gasteiger partial charge on any atom is 0.251 e. The third-order valence-electron chi connectivity index (χ3n) is 3.78. The Hall–Kier alpha value is -2.60. The molecule has 6 nitrogen and oxygen atoms in total. The number of hydrogen-bond donors (Lipinski definition) is 1. The second kappa shape index (κ2) is 7.79. The first kappa shape index (κ1) is 16.3. The lowest BCUT2D eigenvalue weighted by atomic mass is 10.2. The van der Waals surface area contributed by atoms with Gasteiger partial charge in [0.15, 0.2) is 0 Å². The molecule has 0 bridgehead atoms. The van der Waals surface area contributed by atoms with E-state index in [2.05, 4.69) is 10.3 Å². The van der Waals surface area contributed by atoms with Gasteiger partial charge in [-0.25, -0.2) is 4.98 Å². The molecule has 1 fully saturated rings. The van der Waals surface area contributed by atoms with Gasteiger partial charge in [-0.3, -0.25) is 4.79 Å². The van der Waals surface area contributed by atoms with Crippen molar-refractivity contribution in [2.75, 3.05) is 20.3 Å². The molecule has 6 heteroatoms. The molecule has 1 aromatic heterocycles. The summed E-state index contributed by atoms with van der Waals surface area (Å²) >= 11 is 0. The largest absolute Gasteiger partial charge is 0.497 e. The van der Waals surface area contributed by atoms with Gasteiger partial charge in [-0.2, -0.15) is 0 Å². The highest BCUT2D eigenvalue weighted by Crippen LogP contribution is 2.16. The fraction of sp³-hybridized carbons (Fsp3) is 0.333. The Balaban J connectivity index is 1.57. The number of pyridine rings is 1. The summed E-state index contributed by atoms with van der Waals surface area (Å²) in [7, 11) is 1.62. The van der Waals surface area contributed by atoms with E-state index in [1.165, 1.54) is 0 Å². The molecule has 126 valence electrons. The molecule has 24 heavy (non-hydrogen) atoms. The molecule has 1 unspecified atom stereocenters. The van der Waals surface area contributed by atoms with Gasteiger partial charge in [0.05, 0.1) is 20.3 Å². The molecular weight excluding hydrogens is 308 g/mol. The van der Waals surface area contributed by atoms with Crippen LogP contribution in [0.15, 0.2) is 42.6 Å². The van der Waals surface area contributed by atoms with Crippen LogP contribution in [0.2, 0.25) is 0 Å². The van der Waals surface area contributed by atoms with E-state index in [4.69, 9.17) is 14.2 Å². The average molecular weight is 328 g/mol. The molecule has 1 aliphatic heterocycles. The minimum Gasteiger partial charge on any atom is -0.497 e. The van der Waals surface area contributed by atoms with Crippen molar-refractivity contribution < 1.29 is 19.0 Å². The van der Waals surface area contributed by atoms with Crippen molar-refractivity contribution in [1.29, 1.82) is 0 Å². The summed E-state index contributed by atoms with van der Waals surface area (Å²) in [6.45, 7) is 1.71. The highest BCUT2D eigenvalue weighted by Gasteiger charge is 2.18. The minimum atomic E-state index is -0.166. The van der Waals surface area contributed by atoms with E-state index in [0.29, 0.717) is 31.2 Å². The van der Waals surface area contributed by atoms with Crippen LogP contribution in [0.4, 0.5) is 0 Å². The number of carbonyl (C=O) groups excluding carboxylic acids is 1. The Morgan fingerprint density at radius 2 is 2.17 bits per heavy atom. The van der Waals surface area contributed by atoms with Crippen LogP contribution in [0.1, 0.15) is 22.3 Å². The van der Waals surface area contributed by atoms with Crippen molar-refractivity contribution in [3.63, 3.8) is 0 Å². The molecule has 0 spiro atoms. The van der Waals surface area contributed by atoms with Crippen LogP contribution >= 0.6 is 0 Å². The van der Waals surface area contributed by atoms with Crippen LogP contribution in [-0.2, 0) is 11.3 Å². The van der Waals surface area contributed by atoms with Gasteiger partial charge in [0.1, 0.15) is 11.9 Å². The quantitative estimate of drug-likeness (QED) is 0.880. The molecule has 2 heterocycles. The van der Waals surface area contributed by atoms with E-state index in [1.54, 1.807) is 25.4 Å². The first-order valence-electron chi connectivity index (χ1n) is 7.86. The molecule has 1 amide bonds. The Bertz CT molecular complexity index is 682. The number of amides is 1. The van der Waals surface area contributed by atoms with E-state index >= 15 is 0 Å². The van der Waals surface area contributed by atoms with Crippen LogP contribution in [0, 0.1) is 0 Å². The lowest BCUT2D eigenvalue weighted by molar-refractivity contribution is 0.0949. The van der Waals surface area contributed by atoms with Crippen LogP contribution < -0.4 is 14.8 Å². The van der Waals surface area contributed by atoms with Crippen molar-refractivity contribution in [2.24, 2.45) is 0 Å². The summed E-state index contributed by atoms with van der Waals surface area (Å²) in [4.78, 5) is 16.4. The zero-order valence-corrected chi connectivity index (χ0v) is 13.5. The topological polar surface area (TPSA) is 69.7 Å². The first-order valence-corrected chi connectivity index (χ1v) is 7.86. The Morgan fingerprint density at radius 1 is 1.33 bits per heavy atom. The molecule has 2 aromatic rings. The minimum absolute atomic E-state index is 0.00936. The van der Waals surface area contributed by atoms with Gasteiger partial charge in [-0.05, 0) is 23.8 Å². The van der Waals surface area contributed by atoms with E-state index < -0.39 is 0 Å². The number of benzene rings is 1. The summed E-state index contributed by atoms with van der Waals surface area (Å²) in [6, 6.07) is 10.9. The number of rotatable bonds is 6. The van der Waals surface area contributed by atoms with Crippen LogP contribution in [0.5, 0.6) is 11.6 Å². The summed E-state index contributed by atoms with van der Waals surface area (Å²) in [5.41, 5.74) is 1.52. The van der Waals surface area contributed by atoms with Crippen LogP contribution in [-0.4, -0.2) is 37.3 Å². The molecular formula is C18H20N2O4. The van der Waals surface area contributed by atoms with E-state index in [0.717, 1.165) is 17.7 Å². The Morgan fingerprint density at radius 3 is 2.88 bits per heavy atom. The fourth-order valence-corrected chi connectivity index (χ4v) is 2.42. The number of nitrogens with zero attached hydrogens (tertiary/aromatic N) is 1. The van der Waals surface area contributed by atoms with Crippen molar-refractivity contribution in [3.05, 3.63) is 53.7 Å². The third-order valence-corrected chi connectivity index (χ3v) is 3.78. The molecule has 0 radical (unpaired) electrons. The van der Waals surface area contributed by atoms with Crippen LogP contribution in [0.25, 0.3) is 0 Å². The number of methoxy groups -OCH3 is 1. The van der Waals surface area contributed by atoms with E-state index in [-0.39, 0.29) is 12.0 Å². The number of nitrogens with one attached hydrogen (secondary N) is 1. The first-order chi connectivity index (χ1) is 11.7. The maximum absolute atomic E-state index is 12.3. The monoisotopic (exact) mass is 328 g/mol. The summed E-state index contributed by atoms with van der Waals surface area (Å²) in [5.74, 6) is 1.07. The van der Waals surface area contributed by atoms with E-state index in [9.17, 15) is 4.79 Å². The van der Waals surface area contributed by atoms with Gasteiger partial charge in [0.2, 0.25) is 5.88 Å². The van der Waals surface area contributed by atoms with Crippen molar-refractivity contribution in [1.82, 2.24) is 10.3 Å². The van der Waals surface area contributed by atoms with Crippen molar-refractivity contribution in [3.8, 4) is 11.6 Å². The zero-order chi connectivity index (χ0) is 16.8. The molecule has 1 aromatic carbocycles. The molecule has 0 saturated carbocycles. The predicted molar refractivity (Wildman–Crippen MR) is 88.3 cm³/mol. The van der Waals surface area contributed by atoms with Crippen molar-refractivity contribution in [2.45, 2.75) is 19.1 Å². The average Bonchev–Trinajstić information content (AvgIpc) is 3.13. The number of ether oxygens (including phenoxy) is 3. The molecule has 1 aliphatic rings. The standard InChI is InChI=1S/C18H20N2O4/c1-22-15-4-2-13(3-5-15)11-20-18(21)14-6-8-19-17(10-14)24-16-7-9-23-12-16/h2-6,8,10,16H,7,9,11-12H2,1H3,(H,20,21). The molecule has 1 N–H and O–H groups in total. The zero-order valence-electron chi connectivity index (χ0n) is 13.5. The second-order valence-corrected chi connectivity index (χ2v) is 5.52. The SMILES string of the molecule is COc1ccc(CNC(=O)c2ccnc(OC3CCOC3)c2)cc1. The Labute approximate surface area is 140 Å². The second-order valence-electron chi connectivity index (χ2n) is 5.52. The van der Waals surface area contributed by atoms with Gasteiger partial charge in [-0.15, -0.1) is 0 Å². The highest BCUT2D eigenvalue weighted by atomic mass is 16.5. The fourth-order valence-electron chi connectivity index (χ4n) is 2.42. The number of carbonyl (C=O) groups is 1. The lowest BCUT2D eigenvalue weighted by Crippen LogP contribution is -2.23. The summed E-state index contributed by atoms with van der Waals surface area (Å²) in [5, 5.41) is 2.89. The summed E-state index contributed by atoms with van der Waals surface area (Å²) in [6.07, 6.45) is 2.43. The molecule has 3 rings (SSSR count). The number of hydrogen-bond acceptors (Lipinski definition) is 5. The van der Waals surface area contributed by atoms with Crippen LogP contribution in [0.3, 0.4) is 0 Å². The van der Waals surface area contributed by atoms with Gasteiger partial charge >= 0.3 is 0 Å². The molecule has 0 aliphatic carbocycles. The van der Waals surface area contributed by atoms with Gasteiger partial charge in [0, 0.05) is 30.8 Å². The summed E-state index contributed by atoms with van der Waals surface area (Å²) < 4.78 is 16.1. The van der Waals surface area contributed by atoms with E-state index in [1.807, 2.05) is 24.3 Å². The third kappa shape index (κ3) is 4.23. The van der Waals surface area contributed by atoms with Crippen molar-refractivity contribution >= 4 is 5.91 Å². The smallest absolute Gasteiger partial charge is 0.251 e. The number of aromatic nitrogens is 1. The predicted octanol–water partition coefficient (Wildman–Crippen LogP) is 2.19. The highest BCUT2D eigenvalue weighted by molar-refractivity contribution is 5.94. The Kier molecular flexibility index (Phi) is 5.28. The normalized spacial score (nSPS) is 16.6. The molecule has 1 atom stereocenters.